The minimum absolute atomic E-state index is 0.300. The highest BCUT2D eigenvalue weighted by atomic mass is 28.4. The number of hydrogen-bond acceptors (Lipinski definition) is 5. The molecule has 18 heavy (non-hydrogen) atoms. The summed E-state index contributed by atoms with van der Waals surface area (Å²) in [7, 11) is -3.27. The fourth-order valence-electron chi connectivity index (χ4n) is 1.45. The topological polar surface area (TPSA) is 54.0 Å². The van der Waals surface area contributed by atoms with Gasteiger partial charge in [0.15, 0.2) is 0 Å². The summed E-state index contributed by atoms with van der Waals surface area (Å²) in [6, 6.07) is 0. The summed E-state index contributed by atoms with van der Waals surface area (Å²) < 4.78 is 21.7. The van der Waals surface area contributed by atoms with E-state index >= 15 is 0 Å². The van der Waals surface area contributed by atoms with Crippen molar-refractivity contribution < 1.29 is 22.5 Å². The van der Waals surface area contributed by atoms with Crippen molar-refractivity contribution in [3.63, 3.8) is 0 Å². The van der Waals surface area contributed by atoms with Crippen LogP contribution in [0.25, 0.3) is 0 Å². The lowest BCUT2D eigenvalue weighted by Gasteiger charge is -2.25. The van der Waals surface area contributed by atoms with Crippen LogP contribution in [0.4, 0.5) is 0 Å². The Hall–Kier alpha value is -0.433. The largest absolute Gasteiger partial charge is 0.751 e. The molecule has 0 unspecified atom stereocenters. The van der Waals surface area contributed by atoms with E-state index in [1.54, 1.807) is 0 Å². The van der Waals surface area contributed by atoms with Gasteiger partial charge >= 0.3 is 9.05 Å². The highest BCUT2D eigenvalue weighted by Gasteiger charge is 2.49. The third-order valence-electron chi connectivity index (χ3n) is 2.19. The monoisotopic (exact) mass is 278 g/mol. The molecule has 6 heteroatoms. The van der Waals surface area contributed by atoms with Crippen molar-refractivity contribution in [2.45, 2.75) is 53.4 Å². The van der Waals surface area contributed by atoms with E-state index < -0.39 is 9.05 Å². The third-order valence-corrected chi connectivity index (χ3v) is 4.59. The lowest BCUT2D eigenvalue weighted by Crippen LogP contribution is -2.50. The molecule has 0 amide bonds. The Kier molecular flexibility index (Phi) is 10.2. The Morgan fingerprint density at radius 2 is 1.39 bits per heavy atom. The van der Waals surface area contributed by atoms with Crippen LogP contribution in [0.2, 0.25) is 0 Å². The van der Waals surface area contributed by atoms with Gasteiger partial charge in [0, 0.05) is 26.2 Å². The van der Waals surface area contributed by atoms with Crippen LogP contribution in [0, 0.1) is 0 Å². The van der Waals surface area contributed by atoms with Crippen molar-refractivity contribution in [2.75, 3.05) is 19.8 Å². The number of carbonyl (C=O) groups excluding carboxylic acids is 1. The molecular weight excluding hydrogens is 252 g/mol. The first-order chi connectivity index (χ1) is 8.64. The van der Waals surface area contributed by atoms with Crippen LogP contribution in [-0.4, -0.2) is 34.8 Å². The van der Waals surface area contributed by atoms with Gasteiger partial charge in [-0.1, -0.05) is 19.8 Å². The summed E-state index contributed by atoms with van der Waals surface area (Å²) in [5, 5.41) is 0. The van der Waals surface area contributed by atoms with E-state index in [0.29, 0.717) is 26.2 Å². The Labute approximate surface area is 111 Å². The van der Waals surface area contributed by atoms with Crippen LogP contribution >= 0.6 is 0 Å². The van der Waals surface area contributed by atoms with Crippen LogP contribution in [-0.2, 0) is 22.5 Å². The zero-order valence-electron chi connectivity index (χ0n) is 12.0. The highest BCUT2D eigenvalue weighted by Crippen LogP contribution is 2.14. The van der Waals surface area contributed by atoms with Gasteiger partial charge in [0.25, 0.3) is 5.97 Å². The minimum atomic E-state index is -3.27. The summed E-state index contributed by atoms with van der Waals surface area (Å²) in [6.07, 6.45) is 3.29. The van der Waals surface area contributed by atoms with Crippen molar-refractivity contribution in [1.29, 1.82) is 0 Å². The number of carbonyl (C=O) groups is 1. The van der Waals surface area contributed by atoms with Gasteiger partial charge in [0.05, 0.1) is 0 Å². The molecular formula is C12H26O5Si. The number of hydrogen-bond donors (Lipinski definition) is 0. The molecule has 0 aliphatic rings. The van der Waals surface area contributed by atoms with E-state index in [1.807, 2.05) is 20.8 Å². The molecule has 0 spiro atoms. The zero-order valence-corrected chi connectivity index (χ0v) is 13.0. The molecule has 108 valence electrons. The SMILES string of the molecule is CCCCCC(=O)O[Si](OCC)(OCC)OCC. The summed E-state index contributed by atoms with van der Waals surface area (Å²) in [5.41, 5.74) is 0. The third kappa shape index (κ3) is 7.10. The van der Waals surface area contributed by atoms with Crippen molar-refractivity contribution in [1.82, 2.24) is 0 Å². The second kappa shape index (κ2) is 10.5. The Balaban J connectivity index is 4.39. The van der Waals surface area contributed by atoms with Crippen LogP contribution in [0.1, 0.15) is 53.4 Å². The average Bonchev–Trinajstić information content (AvgIpc) is 2.30. The van der Waals surface area contributed by atoms with E-state index in [1.165, 1.54) is 0 Å². The highest BCUT2D eigenvalue weighted by molar-refractivity contribution is 6.55. The maximum atomic E-state index is 11.7. The van der Waals surface area contributed by atoms with Crippen molar-refractivity contribution in [2.24, 2.45) is 0 Å². The van der Waals surface area contributed by atoms with Crippen molar-refractivity contribution in [3.8, 4) is 0 Å². The Morgan fingerprint density at radius 1 is 0.889 bits per heavy atom. The molecule has 0 heterocycles. The Morgan fingerprint density at radius 3 is 1.78 bits per heavy atom. The molecule has 5 nitrogen and oxygen atoms in total. The molecule has 0 saturated carbocycles. The van der Waals surface area contributed by atoms with E-state index in [9.17, 15) is 4.79 Å². The Bertz CT molecular complexity index is 205. The summed E-state index contributed by atoms with van der Waals surface area (Å²) in [6.45, 7) is 8.75. The lowest BCUT2D eigenvalue weighted by molar-refractivity contribution is -0.144. The molecule has 0 radical (unpaired) electrons. The predicted octanol–water partition coefficient (Wildman–Crippen LogP) is 2.66. The fourth-order valence-corrected chi connectivity index (χ4v) is 3.32. The number of rotatable bonds is 11. The summed E-state index contributed by atoms with van der Waals surface area (Å²) in [5.74, 6) is -0.300. The first-order valence-electron chi connectivity index (χ1n) is 6.77. The second-order valence-electron chi connectivity index (χ2n) is 3.73. The first-order valence-corrected chi connectivity index (χ1v) is 8.41. The molecule has 0 aromatic heterocycles. The van der Waals surface area contributed by atoms with E-state index in [2.05, 4.69) is 6.92 Å². The van der Waals surface area contributed by atoms with Gasteiger partial charge in [-0.15, -0.1) is 0 Å². The maximum Gasteiger partial charge on any atom is 0.751 e. The molecule has 0 atom stereocenters. The molecule has 0 aromatic carbocycles. The van der Waals surface area contributed by atoms with Gasteiger partial charge < -0.3 is 17.7 Å². The van der Waals surface area contributed by atoms with E-state index in [4.69, 9.17) is 17.7 Å². The molecule has 0 aliphatic heterocycles. The zero-order chi connectivity index (χ0) is 13.9. The molecule has 0 N–H and O–H groups in total. The van der Waals surface area contributed by atoms with Gasteiger partial charge in [-0.2, -0.15) is 0 Å². The van der Waals surface area contributed by atoms with E-state index in [-0.39, 0.29) is 5.97 Å². The van der Waals surface area contributed by atoms with Crippen molar-refractivity contribution in [3.05, 3.63) is 0 Å². The normalized spacial score (nSPS) is 11.6. The van der Waals surface area contributed by atoms with Gasteiger partial charge in [-0.3, -0.25) is 4.79 Å². The van der Waals surface area contributed by atoms with Crippen LogP contribution in [0.3, 0.4) is 0 Å². The smallest absolute Gasteiger partial charge is 0.452 e. The number of unbranched alkanes of at least 4 members (excludes halogenated alkanes) is 2. The predicted molar refractivity (Wildman–Crippen MR) is 70.9 cm³/mol. The van der Waals surface area contributed by atoms with Crippen LogP contribution < -0.4 is 0 Å². The average molecular weight is 278 g/mol. The lowest BCUT2D eigenvalue weighted by atomic mass is 10.2. The van der Waals surface area contributed by atoms with E-state index in [0.717, 1.165) is 19.3 Å². The quantitative estimate of drug-likeness (QED) is 0.429. The first kappa shape index (κ1) is 17.6. The maximum absolute atomic E-state index is 11.7. The van der Waals surface area contributed by atoms with Crippen LogP contribution in [0.15, 0.2) is 0 Å². The summed E-state index contributed by atoms with van der Waals surface area (Å²) >= 11 is 0. The molecule has 0 bridgehead atoms. The van der Waals surface area contributed by atoms with Crippen molar-refractivity contribution >= 4 is 15.0 Å². The standard InChI is InChI=1S/C12H26O5Si/c1-5-9-10-11-12(13)17-18(14-6-2,15-7-3)16-8-4/h5-11H2,1-4H3. The molecule has 0 fully saturated rings. The van der Waals surface area contributed by atoms with Gasteiger partial charge in [0.2, 0.25) is 0 Å². The molecule has 0 rings (SSSR count). The minimum Gasteiger partial charge on any atom is -0.452 e. The summed E-state index contributed by atoms with van der Waals surface area (Å²) in [4.78, 5) is 11.7. The van der Waals surface area contributed by atoms with Gasteiger partial charge in [-0.05, 0) is 27.2 Å². The fraction of sp³-hybridized carbons (Fsp3) is 0.917. The molecule has 0 aromatic rings. The molecule has 0 saturated heterocycles. The van der Waals surface area contributed by atoms with Gasteiger partial charge in [-0.25, -0.2) is 0 Å². The van der Waals surface area contributed by atoms with Crippen LogP contribution in [0.5, 0.6) is 0 Å². The molecule has 0 aliphatic carbocycles. The van der Waals surface area contributed by atoms with Gasteiger partial charge in [0.1, 0.15) is 0 Å². The second-order valence-corrected chi connectivity index (χ2v) is 5.80.